The lowest BCUT2D eigenvalue weighted by molar-refractivity contribution is 0.196. The highest BCUT2D eigenvalue weighted by Gasteiger charge is 2.32. The van der Waals surface area contributed by atoms with Crippen LogP contribution in [0, 0.1) is 0 Å². The molecule has 70 valence electrons. The van der Waals surface area contributed by atoms with Crippen LogP contribution in [-0.4, -0.2) is 30.1 Å². The highest BCUT2D eigenvalue weighted by atomic mass is 15.1. The highest BCUT2D eigenvalue weighted by molar-refractivity contribution is 4.93. The van der Waals surface area contributed by atoms with Gasteiger partial charge in [0.05, 0.1) is 0 Å². The Morgan fingerprint density at radius 2 is 1.75 bits per heavy atom. The highest BCUT2D eigenvalue weighted by Crippen LogP contribution is 2.32. The van der Waals surface area contributed by atoms with E-state index in [-0.39, 0.29) is 5.54 Å². The molecule has 2 fully saturated rings. The van der Waals surface area contributed by atoms with Gasteiger partial charge in [0.1, 0.15) is 0 Å². The number of rotatable bonds is 3. The summed E-state index contributed by atoms with van der Waals surface area (Å²) in [5.41, 5.74) is 6.39. The van der Waals surface area contributed by atoms with E-state index in [1.54, 1.807) is 0 Å². The molecule has 0 bridgehead atoms. The Morgan fingerprint density at radius 1 is 1.08 bits per heavy atom. The van der Waals surface area contributed by atoms with E-state index in [1.165, 1.54) is 58.2 Å². The van der Waals surface area contributed by atoms with Crippen LogP contribution in [0.4, 0.5) is 0 Å². The van der Waals surface area contributed by atoms with Crippen molar-refractivity contribution in [1.29, 1.82) is 0 Å². The van der Waals surface area contributed by atoms with Gasteiger partial charge in [0, 0.05) is 5.54 Å². The quantitative estimate of drug-likeness (QED) is 0.689. The van der Waals surface area contributed by atoms with Crippen LogP contribution in [0.2, 0.25) is 0 Å². The zero-order chi connectivity index (χ0) is 8.44. The summed E-state index contributed by atoms with van der Waals surface area (Å²) in [5.74, 6) is 0. The van der Waals surface area contributed by atoms with Crippen LogP contribution >= 0.6 is 0 Å². The Hall–Kier alpha value is -0.0800. The fourth-order valence-electron chi connectivity index (χ4n) is 2.27. The van der Waals surface area contributed by atoms with Gasteiger partial charge in [-0.1, -0.05) is 0 Å². The van der Waals surface area contributed by atoms with Crippen molar-refractivity contribution in [1.82, 2.24) is 4.90 Å². The van der Waals surface area contributed by atoms with Crippen LogP contribution in [0.1, 0.15) is 38.5 Å². The largest absolute Gasteiger partial charge is 0.325 e. The maximum Gasteiger partial charge on any atom is 0.0166 e. The predicted octanol–water partition coefficient (Wildman–Crippen LogP) is 1.35. The predicted molar refractivity (Wildman–Crippen MR) is 51.1 cm³/mol. The fraction of sp³-hybridized carbons (Fsp3) is 1.00. The molecular weight excluding hydrogens is 148 g/mol. The second kappa shape index (κ2) is 3.35. The molecule has 2 N–H and O–H groups in total. The molecule has 2 rings (SSSR count). The van der Waals surface area contributed by atoms with E-state index in [2.05, 4.69) is 4.90 Å². The van der Waals surface area contributed by atoms with Crippen LogP contribution in [0.3, 0.4) is 0 Å². The average Bonchev–Trinajstić information content (AvgIpc) is 2.49. The molecule has 0 radical (unpaired) electrons. The van der Waals surface area contributed by atoms with Crippen LogP contribution in [0.15, 0.2) is 0 Å². The van der Waals surface area contributed by atoms with Gasteiger partial charge in [0.25, 0.3) is 0 Å². The topological polar surface area (TPSA) is 29.3 Å². The summed E-state index contributed by atoms with van der Waals surface area (Å²) in [6, 6.07) is 0. The second-order valence-corrected chi connectivity index (χ2v) is 4.51. The van der Waals surface area contributed by atoms with Gasteiger partial charge in [-0.15, -0.1) is 0 Å². The van der Waals surface area contributed by atoms with Crippen molar-refractivity contribution in [2.24, 2.45) is 5.73 Å². The SMILES string of the molecule is NC1(CCN2CCCC2)CCC1. The Morgan fingerprint density at radius 3 is 2.25 bits per heavy atom. The van der Waals surface area contributed by atoms with Crippen molar-refractivity contribution in [3.8, 4) is 0 Å². The fourth-order valence-corrected chi connectivity index (χ4v) is 2.27. The van der Waals surface area contributed by atoms with Crippen molar-refractivity contribution < 1.29 is 0 Å². The van der Waals surface area contributed by atoms with Crippen LogP contribution < -0.4 is 5.73 Å². The molecule has 1 aliphatic carbocycles. The molecule has 0 spiro atoms. The molecule has 0 amide bonds. The molecule has 2 heteroatoms. The van der Waals surface area contributed by atoms with Gasteiger partial charge in [-0.25, -0.2) is 0 Å². The third-order valence-electron chi connectivity index (χ3n) is 3.47. The second-order valence-electron chi connectivity index (χ2n) is 4.51. The molecule has 0 aromatic rings. The minimum atomic E-state index is 0.239. The summed E-state index contributed by atoms with van der Waals surface area (Å²) in [7, 11) is 0. The lowest BCUT2D eigenvalue weighted by Gasteiger charge is -2.39. The zero-order valence-electron chi connectivity index (χ0n) is 7.89. The Balaban J connectivity index is 1.67. The summed E-state index contributed by atoms with van der Waals surface area (Å²) in [4.78, 5) is 2.56. The standard InChI is InChI=1S/C10H20N2/c11-10(4-3-5-10)6-9-12-7-1-2-8-12/h1-9,11H2. The first kappa shape index (κ1) is 8.52. The summed E-state index contributed by atoms with van der Waals surface area (Å²) in [5, 5.41) is 0. The van der Waals surface area contributed by atoms with E-state index < -0.39 is 0 Å². The summed E-state index contributed by atoms with van der Waals surface area (Å²) in [6.07, 6.45) is 7.92. The van der Waals surface area contributed by atoms with Crippen molar-refractivity contribution in [2.45, 2.75) is 44.1 Å². The molecule has 2 nitrogen and oxygen atoms in total. The molecule has 1 heterocycles. The molecule has 1 aliphatic heterocycles. The molecule has 1 saturated heterocycles. The van der Waals surface area contributed by atoms with E-state index in [0.717, 1.165) is 0 Å². The van der Waals surface area contributed by atoms with E-state index in [1.807, 2.05) is 0 Å². The Labute approximate surface area is 75.1 Å². The molecule has 12 heavy (non-hydrogen) atoms. The Kier molecular flexibility index (Phi) is 2.37. The van der Waals surface area contributed by atoms with E-state index in [9.17, 15) is 0 Å². The first-order chi connectivity index (χ1) is 5.79. The van der Waals surface area contributed by atoms with Gasteiger partial charge in [-0.05, 0) is 58.2 Å². The summed E-state index contributed by atoms with van der Waals surface area (Å²) in [6.45, 7) is 3.88. The van der Waals surface area contributed by atoms with Gasteiger partial charge < -0.3 is 10.6 Å². The van der Waals surface area contributed by atoms with E-state index in [0.29, 0.717) is 0 Å². The smallest absolute Gasteiger partial charge is 0.0166 e. The summed E-state index contributed by atoms with van der Waals surface area (Å²) >= 11 is 0. The van der Waals surface area contributed by atoms with Crippen molar-refractivity contribution in [3.05, 3.63) is 0 Å². The monoisotopic (exact) mass is 168 g/mol. The van der Waals surface area contributed by atoms with Crippen molar-refractivity contribution in [2.75, 3.05) is 19.6 Å². The van der Waals surface area contributed by atoms with Crippen LogP contribution in [0.25, 0.3) is 0 Å². The van der Waals surface area contributed by atoms with E-state index >= 15 is 0 Å². The van der Waals surface area contributed by atoms with Crippen LogP contribution in [-0.2, 0) is 0 Å². The number of hydrogen-bond donors (Lipinski definition) is 1. The molecule has 0 unspecified atom stereocenters. The number of nitrogens with zero attached hydrogens (tertiary/aromatic N) is 1. The molecule has 0 aromatic heterocycles. The third-order valence-corrected chi connectivity index (χ3v) is 3.47. The third kappa shape index (κ3) is 1.80. The van der Waals surface area contributed by atoms with Gasteiger partial charge >= 0.3 is 0 Å². The normalized spacial score (nSPS) is 28.8. The first-order valence-electron chi connectivity index (χ1n) is 5.30. The van der Waals surface area contributed by atoms with Gasteiger partial charge in [-0.3, -0.25) is 0 Å². The molecular formula is C10H20N2. The molecule has 0 atom stereocenters. The molecule has 0 aromatic carbocycles. The van der Waals surface area contributed by atoms with E-state index in [4.69, 9.17) is 5.73 Å². The van der Waals surface area contributed by atoms with Crippen molar-refractivity contribution >= 4 is 0 Å². The maximum atomic E-state index is 6.15. The average molecular weight is 168 g/mol. The zero-order valence-corrected chi connectivity index (χ0v) is 7.89. The van der Waals surface area contributed by atoms with Gasteiger partial charge in [-0.2, -0.15) is 0 Å². The van der Waals surface area contributed by atoms with Crippen molar-refractivity contribution in [3.63, 3.8) is 0 Å². The number of hydrogen-bond acceptors (Lipinski definition) is 2. The minimum Gasteiger partial charge on any atom is -0.325 e. The minimum absolute atomic E-state index is 0.239. The Bertz CT molecular complexity index is 146. The molecule has 1 saturated carbocycles. The number of likely N-dealkylation sites (tertiary alicyclic amines) is 1. The summed E-state index contributed by atoms with van der Waals surface area (Å²) < 4.78 is 0. The van der Waals surface area contributed by atoms with Crippen LogP contribution in [0.5, 0.6) is 0 Å². The maximum absolute atomic E-state index is 6.15. The first-order valence-corrected chi connectivity index (χ1v) is 5.30. The lowest BCUT2D eigenvalue weighted by atomic mass is 9.75. The number of nitrogens with two attached hydrogens (primary N) is 1. The lowest BCUT2D eigenvalue weighted by Crippen LogP contribution is -2.48. The molecule has 2 aliphatic rings. The van der Waals surface area contributed by atoms with Gasteiger partial charge in [0.2, 0.25) is 0 Å². The van der Waals surface area contributed by atoms with Gasteiger partial charge in [0.15, 0.2) is 0 Å².